The first-order valence-electron chi connectivity index (χ1n) is 12.1. The van der Waals surface area contributed by atoms with Crippen LogP contribution >= 0.6 is 11.6 Å². The van der Waals surface area contributed by atoms with Crippen molar-refractivity contribution in [1.29, 1.82) is 0 Å². The molecule has 0 radical (unpaired) electrons. The van der Waals surface area contributed by atoms with Crippen LogP contribution in [-0.4, -0.2) is 22.5 Å². The predicted molar refractivity (Wildman–Crippen MR) is 135 cm³/mol. The quantitative estimate of drug-likeness (QED) is 0.550. The summed E-state index contributed by atoms with van der Waals surface area (Å²) in [6, 6.07) is 6.59. The number of carbonyl (C=O) groups is 1. The van der Waals surface area contributed by atoms with E-state index in [-0.39, 0.29) is 23.7 Å². The van der Waals surface area contributed by atoms with Crippen molar-refractivity contribution in [2.75, 3.05) is 0 Å². The Morgan fingerprint density at radius 2 is 1.97 bits per heavy atom. The number of nitrogens with one attached hydrogen (secondary N) is 1. The van der Waals surface area contributed by atoms with Crippen LogP contribution < -0.4 is 11.1 Å². The molecule has 0 aliphatic heterocycles. The maximum absolute atomic E-state index is 13.9. The lowest BCUT2D eigenvalue weighted by atomic mass is 9.81. The van der Waals surface area contributed by atoms with Crippen molar-refractivity contribution >= 4 is 28.4 Å². The van der Waals surface area contributed by atoms with Gasteiger partial charge >= 0.3 is 0 Å². The van der Waals surface area contributed by atoms with Crippen molar-refractivity contribution in [2.24, 2.45) is 23.5 Å². The van der Waals surface area contributed by atoms with Gasteiger partial charge in [-0.3, -0.25) is 9.78 Å². The smallest absolute Gasteiger partial charge is 0.240 e. The van der Waals surface area contributed by atoms with Gasteiger partial charge in [0.05, 0.1) is 17.1 Å². The molecule has 6 heteroatoms. The van der Waals surface area contributed by atoms with Gasteiger partial charge in [0.1, 0.15) is 5.82 Å². The molecule has 3 aliphatic rings. The highest BCUT2D eigenvalue weighted by atomic mass is 35.5. The van der Waals surface area contributed by atoms with E-state index < -0.39 is 5.54 Å². The van der Waals surface area contributed by atoms with Crippen LogP contribution in [0.5, 0.6) is 0 Å². The number of nitrogens with zero attached hydrogens (tertiary/aromatic N) is 1. The maximum Gasteiger partial charge on any atom is 0.240 e. The molecule has 0 bridgehead atoms. The molecule has 178 valence electrons. The van der Waals surface area contributed by atoms with Gasteiger partial charge in [0.2, 0.25) is 5.91 Å². The third kappa shape index (κ3) is 4.32. The zero-order valence-corrected chi connectivity index (χ0v) is 20.2. The average Bonchev–Trinajstić information content (AvgIpc) is 3.35. The third-order valence-electron chi connectivity index (χ3n) is 8.26. The van der Waals surface area contributed by atoms with Crippen molar-refractivity contribution in [1.82, 2.24) is 10.3 Å². The van der Waals surface area contributed by atoms with E-state index in [1.54, 1.807) is 18.2 Å². The number of amides is 1. The van der Waals surface area contributed by atoms with Crippen molar-refractivity contribution in [2.45, 2.75) is 56.5 Å². The van der Waals surface area contributed by atoms with E-state index in [2.05, 4.69) is 16.9 Å². The number of benzene rings is 1. The van der Waals surface area contributed by atoms with Gasteiger partial charge in [0.15, 0.2) is 0 Å². The van der Waals surface area contributed by atoms with Crippen LogP contribution in [0.3, 0.4) is 0 Å². The molecule has 1 aromatic carbocycles. The van der Waals surface area contributed by atoms with Crippen LogP contribution in [0.25, 0.3) is 10.9 Å². The van der Waals surface area contributed by atoms with Crippen molar-refractivity contribution < 1.29 is 9.18 Å². The Morgan fingerprint density at radius 3 is 2.71 bits per heavy atom. The fraction of sp³-hybridized carbons (Fsp3) is 0.429. The Bertz CT molecular complexity index is 1190. The number of halogens is 2. The Kier molecular flexibility index (Phi) is 6.11. The predicted octanol–water partition coefficient (Wildman–Crippen LogP) is 5.73. The number of pyridine rings is 1. The summed E-state index contributed by atoms with van der Waals surface area (Å²) in [5.41, 5.74) is 8.65. The fourth-order valence-electron chi connectivity index (χ4n) is 6.24. The first kappa shape index (κ1) is 23.3. The molecule has 1 aromatic heterocycles. The summed E-state index contributed by atoms with van der Waals surface area (Å²) in [6.45, 7) is 5.96. The number of hydrogen-bond acceptors (Lipinski definition) is 3. The zero-order valence-electron chi connectivity index (χ0n) is 19.4. The maximum atomic E-state index is 13.9. The summed E-state index contributed by atoms with van der Waals surface area (Å²) in [7, 11) is 0. The van der Waals surface area contributed by atoms with Crippen LogP contribution in [0.4, 0.5) is 4.39 Å². The molecule has 2 saturated carbocycles. The van der Waals surface area contributed by atoms with Crippen molar-refractivity contribution in [3.63, 3.8) is 0 Å². The second-order valence-corrected chi connectivity index (χ2v) is 10.9. The molecule has 0 spiro atoms. The standard InChI is InChI=1S/C28H31ClFN3O/c1-16-3-4-21(29)5-7-25(16)33-27(34)28(2,31)20-13-17-11-19(12-18(17)14-20)23-9-10-32-26-8-6-22(30)15-24(23)26/h4-10,15,17-20,25H,1,3,11-14,31H2,2H3,(H,33,34)/t17-,18?,19-,20+,25?,28?/m1/s1. The third-order valence-corrected chi connectivity index (χ3v) is 8.54. The minimum atomic E-state index is -0.954. The SMILES string of the molecule is C=C1CC=C(Cl)C=CC1NC(=O)C(C)(N)[C@@H]1CC2C[C@H](c3ccnc4ccc(F)cc34)C[C@@H]2C1. The first-order valence-corrected chi connectivity index (χ1v) is 12.5. The molecule has 6 atom stereocenters. The molecular weight excluding hydrogens is 449 g/mol. The zero-order chi connectivity index (χ0) is 24.0. The lowest BCUT2D eigenvalue weighted by molar-refractivity contribution is -0.128. The van der Waals surface area contributed by atoms with Gasteiger partial charge in [-0.1, -0.05) is 30.3 Å². The summed E-state index contributed by atoms with van der Waals surface area (Å²) in [4.78, 5) is 17.6. The van der Waals surface area contributed by atoms with E-state index in [1.165, 1.54) is 11.6 Å². The van der Waals surface area contributed by atoms with Crippen LogP contribution in [-0.2, 0) is 4.79 Å². The van der Waals surface area contributed by atoms with Gasteiger partial charge < -0.3 is 11.1 Å². The summed E-state index contributed by atoms with van der Waals surface area (Å²) in [6.07, 6.45) is 12.0. The molecule has 3 unspecified atom stereocenters. The van der Waals surface area contributed by atoms with Crippen molar-refractivity contribution in [3.8, 4) is 0 Å². The second kappa shape index (κ2) is 8.94. The minimum Gasteiger partial charge on any atom is -0.345 e. The van der Waals surface area contributed by atoms with Crippen LogP contribution in [0.2, 0.25) is 0 Å². The Labute approximate surface area is 205 Å². The molecule has 3 N–H and O–H groups in total. The summed E-state index contributed by atoms with van der Waals surface area (Å²) in [5, 5.41) is 4.65. The first-order chi connectivity index (χ1) is 16.2. The molecule has 2 fully saturated rings. The lowest BCUT2D eigenvalue weighted by Gasteiger charge is -2.33. The minimum absolute atomic E-state index is 0.125. The van der Waals surface area contributed by atoms with E-state index in [4.69, 9.17) is 17.3 Å². The molecule has 1 heterocycles. The number of nitrogens with two attached hydrogens (primary N) is 1. The normalized spacial score (nSPS) is 30.5. The molecule has 1 amide bonds. The van der Waals surface area contributed by atoms with Crippen LogP contribution in [0.1, 0.15) is 50.5 Å². The number of hydrogen-bond donors (Lipinski definition) is 2. The monoisotopic (exact) mass is 479 g/mol. The number of aromatic nitrogens is 1. The lowest BCUT2D eigenvalue weighted by Crippen LogP contribution is -2.58. The molecular formula is C28H31ClFN3O. The topological polar surface area (TPSA) is 68.0 Å². The van der Waals surface area contributed by atoms with Gasteiger partial charge in [0.25, 0.3) is 0 Å². The number of allylic oxidation sites excluding steroid dienone is 3. The largest absolute Gasteiger partial charge is 0.345 e. The Hall–Kier alpha value is -2.50. The summed E-state index contributed by atoms with van der Waals surface area (Å²) >= 11 is 6.11. The summed E-state index contributed by atoms with van der Waals surface area (Å²) in [5.74, 6) is 1.20. The fourth-order valence-corrected chi connectivity index (χ4v) is 6.39. The van der Waals surface area contributed by atoms with E-state index in [9.17, 15) is 9.18 Å². The number of carbonyl (C=O) groups excluding carboxylic acids is 1. The molecule has 34 heavy (non-hydrogen) atoms. The molecule has 3 aliphatic carbocycles. The number of rotatable bonds is 4. The Balaban J connectivity index is 1.26. The Morgan fingerprint density at radius 1 is 1.24 bits per heavy atom. The van der Waals surface area contributed by atoms with Gasteiger partial charge in [0, 0.05) is 16.6 Å². The molecule has 0 saturated heterocycles. The highest BCUT2D eigenvalue weighted by Crippen LogP contribution is 2.55. The molecule has 2 aromatic rings. The van der Waals surface area contributed by atoms with Gasteiger partial charge in [-0.25, -0.2) is 4.39 Å². The van der Waals surface area contributed by atoms with Gasteiger partial charge in [-0.15, -0.1) is 0 Å². The van der Waals surface area contributed by atoms with E-state index in [0.29, 0.717) is 29.2 Å². The van der Waals surface area contributed by atoms with E-state index in [0.717, 1.165) is 42.2 Å². The summed E-state index contributed by atoms with van der Waals surface area (Å²) < 4.78 is 13.9. The second-order valence-electron chi connectivity index (χ2n) is 10.5. The van der Waals surface area contributed by atoms with Crippen molar-refractivity contribution in [3.05, 3.63) is 77.3 Å². The van der Waals surface area contributed by atoms with Gasteiger partial charge in [-0.05, 0) is 104 Å². The molecule has 5 rings (SSSR count). The highest BCUT2D eigenvalue weighted by Gasteiger charge is 2.49. The highest BCUT2D eigenvalue weighted by molar-refractivity contribution is 6.31. The van der Waals surface area contributed by atoms with Crippen LogP contribution in [0.15, 0.2) is 65.9 Å². The number of fused-ring (bicyclic) bond motifs is 2. The van der Waals surface area contributed by atoms with E-state index >= 15 is 0 Å². The average molecular weight is 480 g/mol. The molecule has 4 nitrogen and oxygen atoms in total. The van der Waals surface area contributed by atoms with E-state index in [1.807, 2.05) is 31.3 Å². The van der Waals surface area contributed by atoms with Crippen LogP contribution in [0, 0.1) is 23.6 Å². The van der Waals surface area contributed by atoms with Gasteiger partial charge in [-0.2, -0.15) is 0 Å².